The average molecular weight is 379 g/mol. The summed E-state index contributed by atoms with van der Waals surface area (Å²) in [7, 11) is 0. The fourth-order valence-corrected chi connectivity index (χ4v) is 4.40. The lowest BCUT2D eigenvalue weighted by molar-refractivity contribution is 0.478. The van der Waals surface area contributed by atoms with Gasteiger partial charge in [-0.3, -0.25) is 0 Å². The van der Waals surface area contributed by atoms with E-state index in [0.29, 0.717) is 6.04 Å². The molecule has 8 heteroatoms. The number of hydrogen-bond acceptors (Lipinski definition) is 7. The molecule has 7 nitrogen and oxygen atoms in total. The van der Waals surface area contributed by atoms with Gasteiger partial charge in [0.15, 0.2) is 5.65 Å². The highest BCUT2D eigenvalue weighted by Gasteiger charge is 2.15. The van der Waals surface area contributed by atoms with E-state index in [4.69, 9.17) is 0 Å². The van der Waals surface area contributed by atoms with Gasteiger partial charge in [-0.1, -0.05) is 0 Å². The van der Waals surface area contributed by atoms with Gasteiger partial charge in [0.2, 0.25) is 0 Å². The minimum absolute atomic E-state index is 0.400. The lowest BCUT2D eigenvalue weighted by Crippen LogP contribution is -2.38. The minimum atomic E-state index is 0.400. The number of aryl methyl sites for hydroxylation is 1. The Balaban J connectivity index is 1.47. The summed E-state index contributed by atoms with van der Waals surface area (Å²) in [5.41, 5.74) is 3.80. The Morgan fingerprint density at radius 3 is 3.15 bits per heavy atom. The van der Waals surface area contributed by atoms with E-state index in [-0.39, 0.29) is 0 Å². The Kier molecular flexibility index (Phi) is 4.14. The molecule has 0 aliphatic carbocycles. The Morgan fingerprint density at radius 1 is 1.30 bits per heavy atom. The van der Waals surface area contributed by atoms with Gasteiger partial charge in [-0.15, -0.1) is 16.4 Å². The molecule has 1 aliphatic rings. The van der Waals surface area contributed by atoms with Crippen LogP contribution in [0, 0.1) is 6.92 Å². The summed E-state index contributed by atoms with van der Waals surface area (Å²) in [6, 6.07) is 8.69. The van der Waals surface area contributed by atoms with Crippen molar-refractivity contribution in [2.75, 3.05) is 23.7 Å². The van der Waals surface area contributed by atoms with Crippen LogP contribution >= 0.6 is 11.3 Å². The molecule has 0 bridgehead atoms. The van der Waals surface area contributed by atoms with Crippen LogP contribution in [0.4, 0.5) is 17.2 Å². The minimum Gasteiger partial charge on any atom is -0.365 e. The highest BCUT2D eigenvalue weighted by atomic mass is 32.1. The van der Waals surface area contributed by atoms with Crippen molar-refractivity contribution in [2.24, 2.45) is 0 Å². The van der Waals surface area contributed by atoms with Gasteiger partial charge in [0, 0.05) is 36.7 Å². The molecule has 27 heavy (non-hydrogen) atoms. The van der Waals surface area contributed by atoms with Crippen molar-refractivity contribution in [1.29, 1.82) is 0 Å². The Morgan fingerprint density at radius 2 is 2.26 bits per heavy atom. The van der Waals surface area contributed by atoms with Gasteiger partial charge < -0.3 is 16.0 Å². The van der Waals surface area contributed by atoms with E-state index in [9.17, 15) is 0 Å². The first-order valence-electron chi connectivity index (χ1n) is 9.20. The molecule has 4 aromatic rings. The van der Waals surface area contributed by atoms with Crippen molar-refractivity contribution in [1.82, 2.24) is 24.9 Å². The molecule has 3 aromatic heterocycles. The number of nitrogens with zero attached hydrogens (tertiary/aromatic N) is 4. The van der Waals surface area contributed by atoms with Crippen molar-refractivity contribution >= 4 is 44.4 Å². The number of rotatable bonds is 4. The molecule has 1 aromatic carbocycles. The summed E-state index contributed by atoms with van der Waals surface area (Å²) in [4.78, 5) is 8.99. The fraction of sp³-hybridized carbons (Fsp3) is 0.316. The molecule has 5 rings (SSSR count). The topological polar surface area (TPSA) is 79.2 Å². The molecule has 138 valence electrons. The number of thiazole rings is 1. The molecule has 1 atom stereocenters. The van der Waals surface area contributed by atoms with Crippen molar-refractivity contribution in [3.05, 3.63) is 41.7 Å². The summed E-state index contributed by atoms with van der Waals surface area (Å²) in [6.07, 6.45) is 5.99. The number of hydrogen-bond donors (Lipinski definition) is 3. The number of fused-ring (bicyclic) bond motifs is 2. The predicted octanol–water partition coefficient (Wildman–Crippen LogP) is 3.55. The number of benzene rings is 1. The fourth-order valence-electron chi connectivity index (χ4n) is 3.54. The second-order valence-corrected chi connectivity index (χ2v) is 8.10. The normalized spacial score (nSPS) is 17.4. The molecule has 0 amide bonds. The first kappa shape index (κ1) is 16.5. The largest absolute Gasteiger partial charge is 0.365 e. The maximum absolute atomic E-state index is 4.65. The molecular formula is C19H21N7S. The van der Waals surface area contributed by atoms with Gasteiger partial charge in [0.1, 0.15) is 5.82 Å². The van der Waals surface area contributed by atoms with Crippen LogP contribution in [-0.2, 0) is 0 Å². The Hall–Kier alpha value is -2.71. The van der Waals surface area contributed by atoms with Crippen molar-refractivity contribution < 1.29 is 0 Å². The van der Waals surface area contributed by atoms with E-state index in [2.05, 4.69) is 49.2 Å². The van der Waals surface area contributed by atoms with Crippen LogP contribution in [0.3, 0.4) is 0 Å². The monoisotopic (exact) mass is 379 g/mol. The highest BCUT2D eigenvalue weighted by molar-refractivity contribution is 7.18. The van der Waals surface area contributed by atoms with Gasteiger partial charge in [-0.2, -0.15) is 0 Å². The van der Waals surface area contributed by atoms with Gasteiger partial charge >= 0.3 is 0 Å². The van der Waals surface area contributed by atoms with Crippen LogP contribution in [-0.4, -0.2) is 38.7 Å². The number of anilines is 3. The summed E-state index contributed by atoms with van der Waals surface area (Å²) in [5.74, 6) is 0.853. The smallest absolute Gasteiger partial charge is 0.177 e. The molecule has 0 saturated carbocycles. The molecule has 1 saturated heterocycles. The van der Waals surface area contributed by atoms with E-state index in [1.165, 1.54) is 11.1 Å². The summed E-state index contributed by atoms with van der Waals surface area (Å²) in [5, 5.41) is 16.2. The van der Waals surface area contributed by atoms with Crippen LogP contribution in [0.15, 0.2) is 36.7 Å². The SMILES string of the molecule is Cc1nc2ccc(Nc3cc(N[C@H]4CCCNC4)nn4ccnc34)cc2s1. The molecule has 4 heterocycles. The standard InChI is InChI=1S/C19H21N7S/c1-12-22-15-5-4-13(9-17(15)27-12)23-16-10-18(24-14-3-2-6-20-11-14)25-26-8-7-21-19(16)26/h4-5,7-10,14,20,23H,2-3,6,11H2,1H3,(H,24,25)/t14-/m0/s1. The lowest BCUT2D eigenvalue weighted by Gasteiger charge is -2.24. The van der Waals surface area contributed by atoms with Crippen molar-refractivity contribution in [2.45, 2.75) is 25.8 Å². The van der Waals surface area contributed by atoms with Crippen LogP contribution < -0.4 is 16.0 Å². The first-order chi connectivity index (χ1) is 13.2. The summed E-state index contributed by atoms with van der Waals surface area (Å²) in [6.45, 7) is 4.10. The predicted molar refractivity (Wildman–Crippen MR) is 110 cm³/mol. The number of nitrogens with one attached hydrogen (secondary N) is 3. The van der Waals surface area contributed by atoms with Gasteiger partial charge in [0.25, 0.3) is 0 Å². The van der Waals surface area contributed by atoms with Crippen LogP contribution in [0.1, 0.15) is 17.8 Å². The van der Waals surface area contributed by atoms with E-state index >= 15 is 0 Å². The molecular weight excluding hydrogens is 358 g/mol. The first-order valence-corrected chi connectivity index (χ1v) is 10.0. The van der Waals surface area contributed by atoms with Crippen LogP contribution in [0.5, 0.6) is 0 Å². The van der Waals surface area contributed by atoms with Gasteiger partial charge in [-0.25, -0.2) is 14.5 Å². The third kappa shape index (κ3) is 3.33. The molecule has 0 spiro atoms. The second-order valence-electron chi connectivity index (χ2n) is 6.87. The Labute approximate surface area is 160 Å². The van der Waals surface area contributed by atoms with Crippen molar-refractivity contribution in [3.63, 3.8) is 0 Å². The molecule has 1 aliphatic heterocycles. The van der Waals surface area contributed by atoms with Gasteiger partial charge in [-0.05, 0) is 44.5 Å². The lowest BCUT2D eigenvalue weighted by atomic mass is 10.1. The van der Waals surface area contributed by atoms with Crippen LogP contribution in [0.25, 0.3) is 15.9 Å². The third-order valence-electron chi connectivity index (χ3n) is 4.78. The van der Waals surface area contributed by atoms with Crippen LogP contribution in [0.2, 0.25) is 0 Å². The van der Waals surface area contributed by atoms with E-state index < -0.39 is 0 Å². The zero-order chi connectivity index (χ0) is 18.2. The molecule has 1 fully saturated rings. The zero-order valence-electron chi connectivity index (χ0n) is 15.1. The quantitative estimate of drug-likeness (QED) is 0.503. The second kappa shape index (κ2) is 6.79. The third-order valence-corrected chi connectivity index (χ3v) is 5.72. The highest BCUT2D eigenvalue weighted by Crippen LogP contribution is 2.28. The molecule has 0 radical (unpaired) electrons. The van der Waals surface area contributed by atoms with E-state index in [1.54, 1.807) is 17.5 Å². The van der Waals surface area contributed by atoms with E-state index in [1.807, 2.05) is 23.7 Å². The maximum atomic E-state index is 4.65. The van der Waals surface area contributed by atoms with Gasteiger partial charge in [0.05, 0.1) is 20.9 Å². The molecule has 3 N–H and O–H groups in total. The molecule has 0 unspecified atom stereocenters. The Bertz CT molecular complexity index is 1090. The van der Waals surface area contributed by atoms with E-state index in [0.717, 1.165) is 52.9 Å². The maximum Gasteiger partial charge on any atom is 0.177 e. The average Bonchev–Trinajstić information content (AvgIpc) is 3.28. The number of aromatic nitrogens is 4. The summed E-state index contributed by atoms with van der Waals surface area (Å²) >= 11 is 1.71. The summed E-state index contributed by atoms with van der Waals surface area (Å²) < 4.78 is 2.99. The van der Waals surface area contributed by atoms with Crippen molar-refractivity contribution in [3.8, 4) is 0 Å². The number of piperidine rings is 1. The number of imidazole rings is 1. The zero-order valence-corrected chi connectivity index (χ0v) is 15.9.